The Balaban J connectivity index is 0.00000338. The minimum absolute atomic E-state index is 0. The predicted molar refractivity (Wildman–Crippen MR) is 87.4 cm³/mol. The summed E-state index contributed by atoms with van der Waals surface area (Å²) in [6, 6.07) is 8.30. The molecule has 0 aliphatic carbocycles. The third-order valence-electron chi connectivity index (χ3n) is 3.47. The van der Waals surface area contributed by atoms with Crippen LogP contribution >= 0.6 is 0 Å². The Hall–Kier alpha value is -0.150. The van der Waals surface area contributed by atoms with Crippen molar-refractivity contribution < 1.29 is 85.1 Å². The molecule has 138 valence electrons. The van der Waals surface area contributed by atoms with Crippen molar-refractivity contribution in [2.75, 3.05) is 16.7 Å². The summed E-state index contributed by atoms with van der Waals surface area (Å²) in [5, 5.41) is 0. The molecule has 1 aromatic heterocycles. The molecule has 0 spiro atoms. The molecule has 0 N–H and O–H groups in total. The Morgan fingerprint density at radius 2 is 1.41 bits per heavy atom. The van der Waals surface area contributed by atoms with Gasteiger partial charge in [0.15, 0.2) is 0 Å². The standard InChI is InChI=1S/C13H17N3O7S2.2Na/c1-10-12(15(8-24(18,19)20)9-25(21,22)23)13(17)16(14(10)2)11-6-4-3-5-7-11;;/h3-7H,8-9H2,1-2H3,(H,18,19,20)(H,21,22,23);;/q;2*+1/p-2. The largest absolute Gasteiger partial charge is 1.00 e. The number of nitrogens with zero attached hydrogens (tertiary/aromatic N) is 3. The maximum absolute atomic E-state index is 12.7. The third-order valence-corrected chi connectivity index (χ3v) is 4.72. The van der Waals surface area contributed by atoms with Crippen molar-refractivity contribution in [1.29, 1.82) is 0 Å². The van der Waals surface area contributed by atoms with Crippen LogP contribution in [0.4, 0.5) is 5.69 Å². The first-order valence-corrected chi connectivity index (χ1v) is 10.0. The van der Waals surface area contributed by atoms with Gasteiger partial charge in [-0.15, -0.1) is 0 Å². The molecule has 2 rings (SSSR count). The molecule has 10 nitrogen and oxygen atoms in total. The molecule has 14 heteroatoms. The fourth-order valence-corrected chi connectivity index (χ4v) is 3.79. The van der Waals surface area contributed by atoms with Gasteiger partial charge in [0.05, 0.1) is 11.4 Å². The van der Waals surface area contributed by atoms with E-state index >= 15 is 0 Å². The van der Waals surface area contributed by atoms with Crippen molar-refractivity contribution in [3.8, 4) is 5.69 Å². The van der Waals surface area contributed by atoms with Crippen LogP contribution in [0.5, 0.6) is 0 Å². The summed E-state index contributed by atoms with van der Waals surface area (Å²) >= 11 is 0. The van der Waals surface area contributed by atoms with Gasteiger partial charge in [0.2, 0.25) is 0 Å². The van der Waals surface area contributed by atoms with E-state index in [-0.39, 0.29) is 70.5 Å². The summed E-state index contributed by atoms with van der Waals surface area (Å²) in [5.74, 6) is -2.63. The summed E-state index contributed by atoms with van der Waals surface area (Å²) in [4.78, 5) is 13.2. The second-order valence-corrected chi connectivity index (χ2v) is 8.07. The molecule has 0 aliphatic rings. The number of hydrogen-bond donors (Lipinski definition) is 0. The molecular formula is C13H15N3Na2O7S2. The van der Waals surface area contributed by atoms with Gasteiger partial charge >= 0.3 is 59.1 Å². The van der Waals surface area contributed by atoms with E-state index in [2.05, 4.69) is 0 Å². The molecule has 0 amide bonds. The smallest absolute Gasteiger partial charge is 0.747 e. The van der Waals surface area contributed by atoms with Crippen molar-refractivity contribution >= 4 is 25.9 Å². The first-order chi connectivity index (χ1) is 11.4. The number of para-hydroxylation sites is 1. The molecule has 0 bridgehead atoms. The molecular weight excluding hydrogens is 420 g/mol. The van der Waals surface area contributed by atoms with Gasteiger partial charge in [-0.3, -0.25) is 9.48 Å². The molecule has 0 fully saturated rings. The molecule has 27 heavy (non-hydrogen) atoms. The molecule has 2 aromatic rings. The minimum Gasteiger partial charge on any atom is -0.747 e. The van der Waals surface area contributed by atoms with Crippen LogP contribution in [0.15, 0.2) is 35.1 Å². The van der Waals surface area contributed by atoms with Crippen molar-refractivity contribution in [3.05, 3.63) is 46.4 Å². The first-order valence-electron chi connectivity index (χ1n) is 6.87. The van der Waals surface area contributed by atoms with Gasteiger partial charge in [-0.1, -0.05) is 18.2 Å². The maximum atomic E-state index is 12.7. The second-order valence-electron chi connectivity index (χ2n) is 5.32. The summed E-state index contributed by atoms with van der Waals surface area (Å²) < 4.78 is 69.0. The van der Waals surface area contributed by atoms with E-state index in [0.717, 1.165) is 0 Å². The summed E-state index contributed by atoms with van der Waals surface area (Å²) in [7, 11) is -8.36. The van der Waals surface area contributed by atoms with E-state index in [4.69, 9.17) is 0 Å². The van der Waals surface area contributed by atoms with Gasteiger partial charge in [0, 0.05) is 7.05 Å². The minimum atomic E-state index is -4.93. The number of anilines is 1. The van der Waals surface area contributed by atoms with E-state index in [1.807, 2.05) is 0 Å². The average Bonchev–Trinajstić information content (AvgIpc) is 2.66. The fraction of sp³-hybridized carbons (Fsp3) is 0.308. The molecule has 0 saturated heterocycles. The van der Waals surface area contributed by atoms with Gasteiger partial charge in [0.1, 0.15) is 37.7 Å². The SMILES string of the molecule is Cc1c(N(CS(=O)(=O)[O-])CS(=O)(=O)[O-])c(=O)n(-c2ccccc2)n1C.[Na+].[Na+]. The fourth-order valence-electron chi connectivity index (χ4n) is 2.47. The van der Waals surface area contributed by atoms with Gasteiger partial charge in [-0.25, -0.2) is 21.5 Å². The van der Waals surface area contributed by atoms with E-state index in [9.17, 15) is 30.7 Å². The Kier molecular flexibility index (Phi) is 10.00. The molecule has 0 atom stereocenters. The zero-order chi connectivity index (χ0) is 19.0. The van der Waals surface area contributed by atoms with Gasteiger partial charge in [-0.05, 0) is 19.1 Å². The zero-order valence-corrected chi connectivity index (χ0v) is 20.9. The number of benzene rings is 1. The Morgan fingerprint density at radius 1 is 0.963 bits per heavy atom. The van der Waals surface area contributed by atoms with Crippen LogP contribution in [0.25, 0.3) is 5.69 Å². The van der Waals surface area contributed by atoms with E-state index in [1.54, 1.807) is 30.3 Å². The first kappa shape index (κ1) is 26.9. The Morgan fingerprint density at radius 3 is 1.81 bits per heavy atom. The van der Waals surface area contributed by atoms with Crippen molar-refractivity contribution in [2.45, 2.75) is 6.92 Å². The molecule has 0 saturated carbocycles. The molecule has 1 heterocycles. The van der Waals surface area contributed by atoms with Crippen LogP contribution in [0, 0.1) is 6.92 Å². The Bertz CT molecular complexity index is 1010. The van der Waals surface area contributed by atoms with Gasteiger partial charge in [0.25, 0.3) is 5.56 Å². The van der Waals surface area contributed by atoms with E-state index < -0.39 is 37.5 Å². The van der Waals surface area contributed by atoms with Crippen LogP contribution in [-0.4, -0.2) is 47.1 Å². The van der Waals surface area contributed by atoms with Crippen LogP contribution in [0.3, 0.4) is 0 Å². The number of aromatic nitrogens is 2. The Labute approximate surface area is 201 Å². The van der Waals surface area contributed by atoms with Crippen molar-refractivity contribution in [1.82, 2.24) is 9.36 Å². The molecule has 0 unspecified atom stereocenters. The van der Waals surface area contributed by atoms with Gasteiger partial charge in [-0.2, -0.15) is 0 Å². The predicted octanol–water partition coefficient (Wildman–Crippen LogP) is -6.70. The van der Waals surface area contributed by atoms with Crippen LogP contribution < -0.4 is 69.6 Å². The second kappa shape index (κ2) is 10.1. The molecule has 1 aromatic carbocycles. The van der Waals surface area contributed by atoms with Crippen LogP contribution in [0.2, 0.25) is 0 Å². The number of hydrogen-bond acceptors (Lipinski definition) is 8. The van der Waals surface area contributed by atoms with Gasteiger partial charge < -0.3 is 14.0 Å². The van der Waals surface area contributed by atoms with E-state index in [1.165, 1.54) is 23.3 Å². The quantitative estimate of drug-likeness (QED) is 0.322. The van der Waals surface area contributed by atoms with E-state index in [0.29, 0.717) is 10.6 Å². The summed E-state index contributed by atoms with van der Waals surface area (Å²) in [6.45, 7) is 1.44. The van der Waals surface area contributed by atoms with Crippen molar-refractivity contribution in [3.63, 3.8) is 0 Å². The summed E-state index contributed by atoms with van der Waals surface area (Å²) in [6.07, 6.45) is 0. The maximum Gasteiger partial charge on any atom is 1.00 e. The summed E-state index contributed by atoms with van der Waals surface area (Å²) in [5.41, 5.74) is -0.455. The van der Waals surface area contributed by atoms with Crippen molar-refractivity contribution in [2.24, 2.45) is 7.05 Å². The topological polar surface area (TPSA) is 145 Å². The third kappa shape index (κ3) is 6.99. The monoisotopic (exact) mass is 435 g/mol. The number of rotatable bonds is 6. The zero-order valence-electron chi connectivity index (χ0n) is 15.3. The molecule has 0 aliphatic heterocycles. The van der Waals surface area contributed by atoms with Crippen LogP contribution in [0.1, 0.15) is 5.69 Å². The molecule has 0 radical (unpaired) electrons. The van der Waals surface area contributed by atoms with Crippen LogP contribution in [-0.2, 0) is 27.3 Å². The normalized spacial score (nSPS) is 11.4. The average molecular weight is 435 g/mol.